The smallest absolute Gasteiger partial charge is 0.131 e. The summed E-state index contributed by atoms with van der Waals surface area (Å²) < 4.78 is 6.11. The predicted molar refractivity (Wildman–Crippen MR) is 89.1 cm³/mol. The van der Waals surface area contributed by atoms with Crippen molar-refractivity contribution in [1.29, 1.82) is 0 Å². The second kappa shape index (κ2) is 6.45. The Balaban J connectivity index is 2.04. The number of benzene rings is 3. The molecule has 0 heterocycles. The summed E-state index contributed by atoms with van der Waals surface area (Å²) in [5, 5.41) is 2.59. The first kappa shape index (κ1) is 13.7. The molecule has 0 spiro atoms. The molecule has 1 nitrogen and oxygen atoms in total. The zero-order chi connectivity index (χ0) is 14.5. The lowest BCUT2D eigenvalue weighted by molar-refractivity contribution is 0.476. The van der Waals surface area contributed by atoms with Crippen LogP contribution in [0.2, 0.25) is 0 Å². The summed E-state index contributed by atoms with van der Waals surface area (Å²) in [5.74, 6) is 1.87. The maximum atomic E-state index is 6.11. The first-order chi connectivity index (χ1) is 10.4. The predicted octanol–water partition coefficient (Wildman–Crippen LogP) is 5.97. The minimum Gasteiger partial charge on any atom is -0.457 e. The van der Waals surface area contributed by atoms with E-state index in [0.29, 0.717) is 0 Å². The fourth-order valence-electron chi connectivity index (χ4n) is 2.64. The van der Waals surface area contributed by atoms with Gasteiger partial charge in [0.25, 0.3) is 0 Å². The third-order valence-electron chi connectivity index (χ3n) is 3.75. The first-order valence-electron chi connectivity index (χ1n) is 7.62. The molecular weight excluding hydrogens is 256 g/mol. The third kappa shape index (κ3) is 3.08. The zero-order valence-corrected chi connectivity index (χ0v) is 12.4. The number of rotatable bonds is 5. The highest BCUT2D eigenvalue weighted by Gasteiger charge is 2.09. The van der Waals surface area contributed by atoms with Gasteiger partial charge in [-0.2, -0.15) is 0 Å². The van der Waals surface area contributed by atoms with Gasteiger partial charge in [0.1, 0.15) is 11.5 Å². The molecule has 0 saturated heterocycles. The van der Waals surface area contributed by atoms with Crippen LogP contribution in [-0.4, -0.2) is 0 Å². The van der Waals surface area contributed by atoms with E-state index in [1.165, 1.54) is 29.2 Å². The zero-order valence-electron chi connectivity index (χ0n) is 12.4. The van der Waals surface area contributed by atoms with Crippen LogP contribution in [0.15, 0.2) is 66.7 Å². The van der Waals surface area contributed by atoms with Crippen LogP contribution in [0, 0.1) is 0 Å². The molecule has 0 radical (unpaired) electrons. The maximum absolute atomic E-state index is 6.11. The number of ether oxygens (including phenoxy) is 1. The molecule has 21 heavy (non-hydrogen) atoms. The van der Waals surface area contributed by atoms with Gasteiger partial charge in [0.15, 0.2) is 0 Å². The quantitative estimate of drug-likeness (QED) is 0.557. The van der Waals surface area contributed by atoms with E-state index in [2.05, 4.69) is 43.3 Å². The number of fused-ring (bicyclic) bond motifs is 1. The van der Waals surface area contributed by atoms with E-state index in [1.54, 1.807) is 0 Å². The molecule has 3 aromatic rings. The van der Waals surface area contributed by atoms with Crippen molar-refractivity contribution in [2.75, 3.05) is 0 Å². The molecule has 0 aliphatic heterocycles. The highest BCUT2D eigenvalue weighted by Crippen LogP contribution is 2.32. The van der Waals surface area contributed by atoms with E-state index < -0.39 is 0 Å². The average Bonchev–Trinajstić information content (AvgIpc) is 2.55. The molecule has 0 aliphatic rings. The summed E-state index contributed by atoms with van der Waals surface area (Å²) in [4.78, 5) is 0. The maximum Gasteiger partial charge on any atom is 0.131 e. The highest BCUT2D eigenvalue weighted by atomic mass is 16.5. The van der Waals surface area contributed by atoms with Crippen LogP contribution in [0.4, 0.5) is 0 Å². The van der Waals surface area contributed by atoms with Crippen molar-refractivity contribution < 1.29 is 4.74 Å². The second-order valence-electron chi connectivity index (χ2n) is 5.28. The van der Waals surface area contributed by atoms with Gasteiger partial charge in [-0.3, -0.25) is 0 Å². The summed E-state index contributed by atoms with van der Waals surface area (Å²) in [5.41, 5.74) is 1.32. The number of aryl methyl sites for hydroxylation is 1. The van der Waals surface area contributed by atoms with Gasteiger partial charge in [-0.25, -0.2) is 0 Å². The normalized spacial score (nSPS) is 10.7. The van der Waals surface area contributed by atoms with Crippen molar-refractivity contribution in [2.45, 2.75) is 26.2 Å². The molecule has 0 fully saturated rings. The molecule has 0 atom stereocenters. The van der Waals surface area contributed by atoms with E-state index in [1.807, 2.05) is 30.3 Å². The van der Waals surface area contributed by atoms with Crippen LogP contribution in [0.1, 0.15) is 25.3 Å². The summed E-state index contributed by atoms with van der Waals surface area (Å²) >= 11 is 0. The highest BCUT2D eigenvalue weighted by molar-refractivity contribution is 5.87. The minimum atomic E-state index is 0.894. The minimum absolute atomic E-state index is 0.894. The van der Waals surface area contributed by atoms with Gasteiger partial charge < -0.3 is 4.74 Å². The van der Waals surface area contributed by atoms with Crippen molar-refractivity contribution in [3.63, 3.8) is 0 Å². The third-order valence-corrected chi connectivity index (χ3v) is 3.75. The van der Waals surface area contributed by atoms with Crippen molar-refractivity contribution in [3.8, 4) is 11.5 Å². The van der Waals surface area contributed by atoms with Crippen LogP contribution in [0.3, 0.4) is 0 Å². The van der Waals surface area contributed by atoms with Crippen LogP contribution in [0.25, 0.3) is 10.8 Å². The van der Waals surface area contributed by atoms with Gasteiger partial charge >= 0.3 is 0 Å². The summed E-state index contributed by atoms with van der Waals surface area (Å²) in [6.07, 6.45) is 3.42. The largest absolute Gasteiger partial charge is 0.457 e. The Bertz CT molecular complexity index is 716. The SMILES string of the molecule is CCCCc1c(Oc2ccccc2)ccc2ccccc12. The van der Waals surface area contributed by atoms with E-state index in [-0.39, 0.29) is 0 Å². The Hall–Kier alpha value is -2.28. The van der Waals surface area contributed by atoms with E-state index >= 15 is 0 Å². The number of hydrogen-bond donors (Lipinski definition) is 0. The van der Waals surface area contributed by atoms with Gasteiger partial charge in [0.2, 0.25) is 0 Å². The molecular formula is C20H20O. The summed E-state index contributed by atoms with van der Waals surface area (Å²) in [7, 11) is 0. The van der Waals surface area contributed by atoms with Crippen molar-refractivity contribution in [1.82, 2.24) is 0 Å². The fourth-order valence-corrected chi connectivity index (χ4v) is 2.64. The molecule has 0 unspecified atom stereocenters. The molecule has 0 aromatic heterocycles. The lowest BCUT2D eigenvalue weighted by Gasteiger charge is -2.14. The van der Waals surface area contributed by atoms with Crippen molar-refractivity contribution >= 4 is 10.8 Å². The van der Waals surface area contributed by atoms with Gasteiger partial charge in [-0.05, 0) is 41.8 Å². The van der Waals surface area contributed by atoms with Crippen LogP contribution >= 0.6 is 0 Å². The van der Waals surface area contributed by atoms with Gasteiger partial charge in [-0.15, -0.1) is 0 Å². The summed E-state index contributed by atoms with van der Waals surface area (Å²) in [6.45, 7) is 2.23. The summed E-state index contributed by atoms with van der Waals surface area (Å²) in [6, 6.07) is 22.8. The van der Waals surface area contributed by atoms with Gasteiger partial charge in [0, 0.05) is 5.56 Å². The van der Waals surface area contributed by atoms with Crippen molar-refractivity contribution in [3.05, 3.63) is 72.3 Å². The topological polar surface area (TPSA) is 9.23 Å². The monoisotopic (exact) mass is 276 g/mol. The Morgan fingerprint density at radius 3 is 2.38 bits per heavy atom. The second-order valence-corrected chi connectivity index (χ2v) is 5.28. The van der Waals surface area contributed by atoms with E-state index in [0.717, 1.165) is 17.9 Å². The molecule has 0 bridgehead atoms. The van der Waals surface area contributed by atoms with Crippen LogP contribution < -0.4 is 4.74 Å². The Morgan fingerprint density at radius 1 is 0.810 bits per heavy atom. The molecule has 0 aliphatic carbocycles. The van der Waals surface area contributed by atoms with Gasteiger partial charge in [0.05, 0.1) is 0 Å². The molecule has 3 aromatic carbocycles. The average molecular weight is 276 g/mol. The lowest BCUT2D eigenvalue weighted by Crippen LogP contribution is -1.94. The standard InChI is InChI=1S/C20H20O/c1-2-3-12-19-18-13-8-7-9-16(18)14-15-20(19)21-17-10-5-4-6-11-17/h4-11,13-15H,2-3,12H2,1H3. The van der Waals surface area contributed by atoms with E-state index in [9.17, 15) is 0 Å². The lowest BCUT2D eigenvalue weighted by atomic mass is 9.99. The molecule has 0 N–H and O–H groups in total. The number of para-hydroxylation sites is 1. The molecule has 0 saturated carbocycles. The van der Waals surface area contributed by atoms with Crippen molar-refractivity contribution in [2.24, 2.45) is 0 Å². The molecule has 0 amide bonds. The Morgan fingerprint density at radius 2 is 1.57 bits per heavy atom. The van der Waals surface area contributed by atoms with Crippen LogP contribution in [0.5, 0.6) is 11.5 Å². The Labute approximate surface area is 126 Å². The van der Waals surface area contributed by atoms with E-state index in [4.69, 9.17) is 4.74 Å². The number of unbranched alkanes of at least 4 members (excludes halogenated alkanes) is 1. The fraction of sp³-hybridized carbons (Fsp3) is 0.200. The van der Waals surface area contributed by atoms with Gasteiger partial charge in [-0.1, -0.05) is 61.9 Å². The first-order valence-corrected chi connectivity index (χ1v) is 7.62. The molecule has 1 heteroatoms. The molecule has 3 rings (SSSR count). The molecule has 106 valence electrons. The number of hydrogen-bond acceptors (Lipinski definition) is 1. The Kier molecular flexibility index (Phi) is 4.20. The van der Waals surface area contributed by atoms with Crippen LogP contribution in [-0.2, 0) is 6.42 Å².